The predicted octanol–water partition coefficient (Wildman–Crippen LogP) is 4.19. The van der Waals surface area contributed by atoms with Gasteiger partial charge < -0.3 is 5.32 Å². The number of hydrogen-bond donors (Lipinski definition) is 1. The summed E-state index contributed by atoms with van der Waals surface area (Å²) in [6.07, 6.45) is 0. The van der Waals surface area contributed by atoms with Gasteiger partial charge in [-0.3, -0.25) is 0 Å². The topological polar surface area (TPSA) is 12.0 Å². The quantitative estimate of drug-likeness (QED) is 0.855. The van der Waals surface area contributed by atoms with Crippen molar-refractivity contribution in [1.29, 1.82) is 0 Å². The summed E-state index contributed by atoms with van der Waals surface area (Å²) < 4.78 is 26.5. The number of anilines is 1. The second-order valence-electron chi connectivity index (χ2n) is 4.66. The van der Waals surface area contributed by atoms with Gasteiger partial charge in [-0.05, 0) is 27.4 Å². The molecule has 1 aromatic carbocycles. The van der Waals surface area contributed by atoms with Gasteiger partial charge in [0.25, 0.3) is 0 Å². The number of rotatable bonds is 2. The second-order valence-corrected chi connectivity index (χ2v) is 5.51. The van der Waals surface area contributed by atoms with Crippen LogP contribution in [0.2, 0.25) is 0 Å². The van der Waals surface area contributed by atoms with E-state index in [1.807, 2.05) is 20.8 Å². The zero-order chi connectivity index (χ0) is 11.6. The molecule has 0 heterocycles. The molecule has 84 valence electrons. The predicted molar refractivity (Wildman–Crippen MR) is 62.0 cm³/mol. The zero-order valence-corrected chi connectivity index (χ0v) is 10.6. The summed E-state index contributed by atoms with van der Waals surface area (Å²) in [6, 6.07) is 2.11. The van der Waals surface area contributed by atoms with Gasteiger partial charge in [-0.1, -0.05) is 20.8 Å². The molecule has 0 atom stereocenters. The number of benzene rings is 1. The van der Waals surface area contributed by atoms with Crippen molar-refractivity contribution >= 4 is 21.6 Å². The Labute approximate surface area is 97.0 Å². The first kappa shape index (κ1) is 12.4. The number of nitrogens with one attached hydrogen (secondary N) is 1. The Morgan fingerprint density at radius 2 is 1.87 bits per heavy atom. The lowest BCUT2D eigenvalue weighted by molar-refractivity contribution is 0.441. The first-order valence-electron chi connectivity index (χ1n) is 4.68. The third-order valence-corrected chi connectivity index (χ3v) is 2.43. The average molecular weight is 278 g/mol. The van der Waals surface area contributed by atoms with Crippen molar-refractivity contribution in [2.24, 2.45) is 5.41 Å². The van der Waals surface area contributed by atoms with Crippen LogP contribution in [-0.4, -0.2) is 6.54 Å². The Morgan fingerprint density at radius 3 is 2.33 bits per heavy atom. The van der Waals surface area contributed by atoms with E-state index in [1.54, 1.807) is 0 Å². The van der Waals surface area contributed by atoms with Gasteiger partial charge in [0.1, 0.15) is 11.6 Å². The maximum Gasteiger partial charge on any atom is 0.150 e. The molecule has 15 heavy (non-hydrogen) atoms. The molecule has 0 unspecified atom stereocenters. The maximum absolute atomic E-state index is 13.4. The van der Waals surface area contributed by atoms with Crippen LogP contribution in [-0.2, 0) is 0 Å². The summed E-state index contributed by atoms with van der Waals surface area (Å²) in [6.45, 7) is 6.73. The average Bonchev–Trinajstić information content (AvgIpc) is 1.99. The molecule has 0 saturated carbocycles. The minimum atomic E-state index is -0.583. The molecule has 1 aromatic rings. The molecule has 0 spiro atoms. The molecule has 1 nitrogen and oxygen atoms in total. The Balaban J connectivity index is 2.86. The van der Waals surface area contributed by atoms with Crippen LogP contribution in [0.4, 0.5) is 14.5 Å². The van der Waals surface area contributed by atoms with Crippen LogP contribution < -0.4 is 5.32 Å². The van der Waals surface area contributed by atoms with Gasteiger partial charge in [0, 0.05) is 17.1 Å². The molecule has 0 amide bonds. The first-order chi connectivity index (χ1) is 6.79. The zero-order valence-electron chi connectivity index (χ0n) is 9.00. The van der Waals surface area contributed by atoms with Gasteiger partial charge in [-0.2, -0.15) is 0 Å². The Hall–Kier alpha value is -0.640. The molecule has 0 aliphatic rings. The highest BCUT2D eigenvalue weighted by Gasteiger charge is 2.14. The summed E-state index contributed by atoms with van der Waals surface area (Å²) in [4.78, 5) is 0. The van der Waals surface area contributed by atoms with Crippen LogP contribution in [0.25, 0.3) is 0 Å². The van der Waals surface area contributed by atoms with Gasteiger partial charge in [-0.15, -0.1) is 0 Å². The molecule has 0 aliphatic heterocycles. The lowest BCUT2D eigenvalue weighted by Gasteiger charge is -2.20. The Bertz CT molecular complexity index is 335. The maximum atomic E-state index is 13.4. The normalized spacial score (nSPS) is 11.6. The van der Waals surface area contributed by atoms with Crippen molar-refractivity contribution in [1.82, 2.24) is 0 Å². The van der Waals surface area contributed by atoms with E-state index in [9.17, 15) is 8.78 Å². The van der Waals surface area contributed by atoms with Gasteiger partial charge in [-0.25, -0.2) is 8.78 Å². The molecule has 1 N–H and O–H groups in total. The first-order valence-corrected chi connectivity index (χ1v) is 5.47. The molecule has 1 rings (SSSR count). The van der Waals surface area contributed by atoms with Crippen LogP contribution in [0, 0.1) is 17.0 Å². The Kier molecular flexibility index (Phi) is 3.71. The molecule has 0 aliphatic carbocycles. The summed E-state index contributed by atoms with van der Waals surface area (Å²) in [7, 11) is 0. The smallest absolute Gasteiger partial charge is 0.150 e. The number of halogens is 3. The molecular formula is C11H14BrF2N. The monoisotopic (exact) mass is 277 g/mol. The SMILES string of the molecule is CC(C)(C)CNc1c(F)cc(F)cc1Br. The molecule has 0 saturated heterocycles. The van der Waals surface area contributed by atoms with Crippen molar-refractivity contribution in [3.63, 3.8) is 0 Å². The van der Waals surface area contributed by atoms with Gasteiger partial charge in [0.05, 0.1) is 5.69 Å². The fraction of sp³-hybridized carbons (Fsp3) is 0.455. The fourth-order valence-electron chi connectivity index (χ4n) is 1.06. The van der Waals surface area contributed by atoms with E-state index >= 15 is 0 Å². The highest BCUT2D eigenvalue weighted by atomic mass is 79.9. The number of hydrogen-bond acceptors (Lipinski definition) is 1. The minimum Gasteiger partial charge on any atom is -0.381 e. The molecular weight excluding hydrogens is 264 g/mol. The second kappa shape index (κ2) is 4.47. The summed E-state index contributed by atoms with van der Waals surface area (Å²) in [5, 5.41) is 2.96. The lowest BCUT2D eigenvalue weighted by atomic mass is 9.97. The molecule has 0 bridgehead atoms. The van der Waals surface area contributed by atoms with Gasteiger partial charge in [0.15, 0.2) is 0 Å². The van der Waals surface area contributed by atoms with Crippen LogP contribution in [0.3, 0.4) is 0 Å². The molecule has 4 heteroatoms. The van der Waals surface area contributed by atoms with E-state index in [0.717, 1.165) is 6.07 Å². The van der Waals surface area contributed by atoms with Crippen molar-refractivity contribution in [3.05, 3.63) is 28.2 Å². The third-order valence-electron chi connectivity index (χ3n) is 1.80. The summed E-state index contributed by atoms with van der Waals surface area (Å²) in [5.41, 5.74) is 0.353. The van der Waals surface area contributed by atoms with E-state index in [0.29, 0.717) is 16.7 Å². The summed E-state index contributed by atoms with van der Waals surface area (Å²) >= 11 is 3.12. The van der Waals surface area contributed by atoms with Crippen LogP contribution in [0.1, 0.15) is 20.8 Å². The summed E-state index contributed by atoms with van der Waals surface area (Å²) in [5.74, 6) is -1.16. The van der Waals surface area contributed by atoms with E-state index in [4.69, 9.17) is 0 Å². The van der Waals surface area contributed by atoms with Crippen molar-refractivity contribution in [2.45, 2.75) is 20.8 Å². The van der Waals surface area contributed by atoms with Crippen LogP contribution >= 0.6 is 15.9 Å². The Morgan fingerprint density at radius 1 is 1.27 bits per heavy atom. The fourth-order valence-corrected chi connectivity index (χ4v) is 1.61. The lowest BCUT2D eigenvalue weighted by Crippen LogP contribution is -2.19. The van der Waals surface area contributed by atoms with E-state index in [2.05, 4.69) is 21.2 Å². The molecule has 0 aromatic heterocycles. The van der Waals surface area contributed by atoms with Crippen LogP contribution in [0.15, 0.2) is 16.6 Å². The highest BCUT2D eigenvalue weighted by molar-refractivity contribution is 9.10. The van der Waals surface area contributed by atoms with Crippen LogP contribution in [0.5, 0.6) is 0 Å². The van der Waals surface area contributed by atoms with E-state index in [1.165, 1.54) is 6.07 Å². The van der Waals surface area contributed by atoms with Gasteiger partial charge >= 0.3 is 0 Å². The van der Waals surface area contributed by atoms with E-state index < -0.39 is 11.6 Å². The van der Waals surface area contributed by atoms with E-state index in [-0.39, 0.29) is 5.41 Å². The van der Waals surface area contributed by atoms with Crippen molar-refractivity contribution < 1.29 is 8.78 Å². The highest BCUT2D eigenvalue weighted by Crippen LogP contribution is 2.28. The third kappa shape index (κ3) is 3.78. The van der Waals surface area contributed by atoms with Crippen molar-refractivity contribution in [3.8, 4) is 0 Å². The molecule has 0 radical (unpaired) electrons. The molecule has 0 fully saturated rings. The standard InChI is InChI=1S/C11H14BrF2N/c1-11(2,3)6-15-10-8(12)4-7(13)5-9(10)14/h4-5,15H,6H2,1-3H3. The largest absolute Gasteiger partial charge is 0.381 e. The van der Waals surface area contributed by atoms with Crippen molar-refractivity contribution in [2.75, 3.05) is 11.9 Å². The van der Waals surface area contributed by atoms with Gasteiger partial charge in [0.2, 0.25) is 0 Å². The minimum absolute atomic E-state index is 0.0419.